The summed E-state index contributed by atoms with van der Waals surface area (Å²) in [5.74, 6) is -1.48. The number of aliphatic carboxylic acids is 1. The van der Waals surface area contributed by atoms with Gasteiger partial charge in [-0.2, -0.15) is 18.3 Å². The summed E-state index contributed by atoms with van der Waals surface area (Å²) < 4.78 is 39.0. The molecule has 11 heteroatoms. The van der Waals surface area contributed by atoms with Crippen LogP contribution in [0.3, 0.4) is 0 Å². The zero-order valence-corrected chi connectivity index (χ0v) is 19.0. The average molecular weight is 483 g/mol. The number of amides is 1. The van der Waals surface area contributed by atoms with Crippen LogP contribution in [0.25, 0.3) is 0 Å². The lowest BCUT2D eigenvalue weighted by Gasteiger charge is -2.25. The fourth-order valence-electron chi connectivity index (χ4n) is 4.16. The molecule has 0 radical (unpaired) electrons. The molecule has 2 aliphatic heterocycles. The zero-order chi connectivity index (χ0) is 24.7. The number of fused-ring (bicyclic) bond motifs is 1. The summed E-state index contributed by atoms with van der Waals surface area (Å²) >= 11 is 0. The maximum atomic E-state index is 13.1. The highest BCUT2D eigenvalue weighted by atomic mass is 19.4. The van der Waals surface area contributed by atoms with E-state index in [9.17, 15) is 18.0 Å². The van der Waals surface area contributed by atoms with Gasteiger partial charge in [-0.25, -0.2) is 4.79 Å². The third-order valence-electron chi connectivity index (χ3n) is 5.99. The molecule has 1 N–H and O–H groups in total. The molecular formula is C23H29F3N4O4. The van der Waals surface area contributed by atoms with Crippen LogP contribution in [0.4, 0.5) is 13.2 Å². The van der Waals surface area contributed by atoms with Gasteiger partial charge in [0.25, 0.3) is 5.91 Å². The summed E-state index contributed by atoms with van der Waals surface area (Å²) in [5.41, 5.74) is 1.82. The molecule has 2 aliphatic rings. The van der Waals surface area contributed by atoms with Crippen molar-refractivity contribution in [1.29, 1.82) is 0 Å². The number of benzene rings is 1. The van der Waals surface area contributed by atoms with Gasteiger partial charge < -0.3 is 19.6 Å². The number of ether oxygens (including phenoxy) is 1. The molecule has 186 valence electrons. The summed E-state index contributed by atoms with van der Waals surface area (Å²) in [6, 6.07) is 9.42. The van der Waals surface area contributed by atoms with Crippen molar-refractivity contribution >= 4 is 11.9 Å². The van der Waals surface area contributed by atoms with E-state index in [1.807, 2.05) is 41.4 Å². The highest BCUT2D eigenvalue weighted by Gasteiger charge is 2.38. The standard InChI is InChI=1S/C21H28N4O2.C2HF3O2/c1-27-20-6-4-18(5-7-20)21(26)24-14-17(9-13-23-11-2-3-12-23)15-25-19(16-24)8-10-22-25;3-2(4,5)1(6)7/h4-8,10,17H,2-3,9,11-16H2,1H3;(H,6,7). The average Bonchev–Trinajstić information content (AvgIpc) is 3.45. The minimum absolute atomic E-state index is 0.0819. The normalized spacial score (nSPS) is 18.5. The number of methoxy groups -OCH3 is 1. The number of aromatic nitrogens is 2. The molecule has 1 unspecified atom stereocenters. The first-order valence-corrected chi connectivity index (χ1v) is 11.1. The van der Waals surface area contributed by atoms with Crippen molar-refractivity contribution in [2.24, 2.45) is 5.92 Å². The number of carboxylic acid groups (broad SMARTS) is 1. The Balaban J connectivity index is 0.000000406. The molecule has 0 bridgehead atoms. The van der Waals surface area contributed by atoms with Crippen LogP contribution in [-0.2, 0) is 17.9 Å². The molecule has 34 heavy (non-hydrogen) atoms. The monoisotopic (exact) mass is 482 g/mol. The van der Waals surface area contributed by atoms with Crippen molar-refractivity contribution in [3.63, 3.8) is 0 Å². The second-order valence-electron chi connectivity index (χ2n) is 8.43. The number of halogens is 3. The van der Waals surface area contributed by atoms with E-state index in [0.717, 1.165) is 37.5 Å². The molecule has 0 spiro atoms. The highest BCUT2D eigenvalue weighted by Crippen LogP contribution is 2.22. The van der Waals surface area contributed by atoms with Crippen LogP contribution < -0.4 is 4.74 Å². The predicted molar refractivity (Wildman–Crippen MR) is 117 cm³/mol. The Morgan fingerprint density at radius 3 is 2.35 bits per heavy atom. The van der Waals surface area contributed by atoms with Crippen molar-refractivity contribution in [3.8, 4) is 5.75 Å². The topological polar surface area (TPSA) is 87.9 Å². The fraction of sp³-hybridized carbons (Fsp3) is 0.522. The molecule has 2 aromatic rings. The van der Waals surface area contributed by atoms with E-state index in [1.165, 1.54) is 25.9 Å². The third kappa shape index (κ3) is 6.96. The van der Waals surface area contributed by atoms with Crippen molar-refractivity contribution in [2.75, 3.05) is 33.3 Å². The number of carboxylic acids is 1. The molecule has 1 atom stereocenters. The van der Waals surface area contributed by atoms with Crippen molar-refractivity contribution in [2.45, 2.75) is 38.5 Å². The largest absolute Gasteiger partial charge is 0.497 e. The van der Waals surface area contributed by atoms with E-state index >= 15 is 0 Å². The van der Waals surface area contributed by atoms with Gasteiger partial charge in [0.15, 0.2) is 0 Å². The second-order valence-corrected chi connectivity index (χ2v) is 8.43. The van der Waals surface area contributed by atoms with Crippen LogP contribution >= 0.6 is 0 Å². The van der Waals surface area contributed by atoms with Gasteiger partial charge in [-0.05, 0) is 75.1 Å². The number of carbonyl (C=O) groups is 2. The predicted octanol–water partition coefficient (Wildman–Crippen LogP) is 3.28. The van der Waals surface area contributed by atoms with E-state index in [0.29, 0.717) is 18.0 Å². The Morgan fingerprint density at radius 1 is 1.12 bits per heavy atom. The summed E-state index contributed by atoms with van der Waals surface area (Å²) in [6.07, 6.45) is 0.492. The maximum Gasteiger partial charge on any atom is 0.490 e. The number of carbonyl (C=O) groups excluding carboxylic acids is 1. The summed E-state index contributed by atoms with van der Waals surface area (Å²) in [5, 5.41) is 11.6. The van der Waals surface area contributed by atoms with Crippen molar-refractivity contribution < 1.29 is 32.6 Å². The molecule has 4 rings (SSSR count). The number of likely N-dealkylation sites (tertiary alicyclic amines) is 1. The molecule has 1 aromatic heterocycles. The quantitative estimate of drug-likeness (QED) is 0.704. The molecule has 3 heterocycles. The van der Waals surface area contributed by atoms with E-state index < -0.39 is 12.1 Å². The number of hydrogen-bond donors (Lipinski definition) is 1. The number of alkyl halides is 3. The minimum Gasteiger partial charge on any atom is -0.497 e. The van der Waals surface area contributed by atoms with E-state index in [1.54, 1.807) is 7.11 Å². The molecule has 0 aliphatic carbocycles. The van der Waals surface area contributed by atoms with Gasteiger partial charge in [-0.3, -0.25) is 9.48 Å². The highest BCUT2D eigenvalue weighted by molar-refractivity contribution is 5.94. The smallest absolute Gasteiger partial charge is 0.490 e. The molecule has 1 saturated heterocycles. The van der Waals surface area contributed by atoms with Gasteiger partial charge in [-0.15, -0.1) is 0 Å². The van der Waals surface area contributed by atoms with Gasteiger partial charge >= 0.3 is 12.1 Å². The lowest BCUT2D eigenvalue weighted by Crippen LogP contribution is -2.35. The van der Waals surface area contributed by atoms with Crippen LogP contribution in [0.5, 0.6) is 5.75 Å². The van der Waals surface area contributed by atoms with Gasteiger partial charge in [-0.1, -0.05) is 0 Å². The summed E-state index contributed by atoms with van der Waals surface area (Å²) in [7, 11) is 1.64. The summed E-state index contributed by atoms with van der Waals surface area (Å²) in [4.78, 5) is 26.6. The van der Waals surface area contributed by atoms with Crippen LogP contribution in [0.2, 0.25) is 0 Å². The maximum absolute atomic E-state index is 13.1. The Bertz CT molecular complexity index is 956. The molecule has 0 saturated carbocycles. The number of nitrogens with zero attached hydrogens (tertiary/aromatic N) is 4. The lowest BCUT2D eigenvalue weighted by atomic mass is 10.0. The first-order chi connectivity index (χ1) is 16.2. The van der Waals surface area contributed by atoms with E-state index in [2.05, 4.69) is 14.7 Å². The molecule has 8 nitrogen and oxygen atoms in total. The SMILES string of the molecule is COc1ccc(C(=O)N2Cc3ccnn3CC(CCN3CCCC3)C2)cc1.O=C(O)C(F)(F)F. The van der Waals surface area contributed by atoms with Gasteiger partial charge in [0.05, 0.1) is 19.3 Å². The molecule has 1 fully saturated rings. The van der Waals surface area contributed by atoms with Crippen LogP contribution in [0, 0.1) is 5.92 Å². The Morgan fingerprint density at radius 2 is 1.76 bits per heavy atom. The third-order valence-corrected chi connectivity index (χ3v) is 5.99. The number of rotatable bonds is 5. The molecule has 1 aromatic carbocycles. The minimum atomic E-state index is -5.08. The van der Waals surface area contributed by atoms with Crippen LogP contribution in [0.1, 0.15) is 35.3 Å². The van der Waals surface area contributed by atoms with Gasteiger partial charge in [0.1, 0.15) is 5.75 Å². The molecular weight excluding hydrogens is 453 g/mol. The van der Waals surface area contributed by atoms with Crippen molar-refractivity contribution in [1.82, 2.24) is 19.6 Å². The van der Waals surface area contributed by atoms with Crippen molar-refractivity contribution in [3.05, 3.63) is 47.8 Å². The van der Waals surface area contributed by atoms with E-state index in [-0.39, 0.29) is 5.91 Å². The Labute approximate surface area is 195 Å². The first-order valence-electron chi connectivity index (χ1n) is 11.1. The Hall–Kier alpha value is -3.08. The molecule has 1 amide bonds. The second kappa shape index (κ2) is 11.4. The van der Waals surface area contributed by atoms with E-state index in [4.69, 9.17) is 14.6 Å². The fourth-order valence-corrected chi connectivity index (χ4v) is 4.16. The zero-order valence-electron chi connectivity index (χ0n) is 19.0. The van der Waals surface area contributed by atoms with Crippen LogP contribution in [0.15, 0.2) is 36.5 Å². The van der Waals surface area contributed by atoms with Gasteiger partial charge in [0, 0.05) is 24.8 Å². The van der Waals surface area contributed by atoms with Crippen LogP contribution in [-0.4, -0.2) is 76.0 Å². The number of hydrogen-bond acceptors (Lipinski definition) is 5. The lowest BCUT2D eigenvalue weighted by molar-refractivity contribution is -0.192. The first kappa shape index (κ1) is 25.5. The Kier molecular flexibility index (Phi) is 8.54. The van der Waals surface area contributed by atoms with Gasteiger partial charge in [0.2, 0.25) is 0 Å². The summed E-state index contributed by atoms with van der Waals surface area (Å²) in [6.45, 7) is 5.84.